The van der Waals surface area contributed by atoms with Crippen molar-refractivity contribution in [2.24, 2.45) is 17.1 Å². The molecule has 196 valence electrons. The fraction of sp³-hybridized carbons (Fsp3) is 0.448. The molecule has 8 heteroatoms. The van der Waals surface area contributed by atoms with E-state index in [2.05, 4.69) is 29.1 Å². The van der Waals surface area contributed by atoms with Gasteiger partial charge in [0.15, 0.2) is 0 Å². The summed E-state index contributed by atoms with van der Waals surface area (Å²) in [4.78, 5) is 34.4. The van der Waals surface area contributed by atoms with Crippen molar-refractivity contribution in [1.82, 2.24) is 15.3 Å². The van der Waals surface area contributed by atoms with Gasteiger partial charge in [-0.25, -0.2) is 4.98 Å². The molecule has 1 aliphatic rings. The highest BCUT2D eigenvalue weighted by Crippen LogP contribution is 2.44. The highest BCUT2D eigenvalue weighted by atomic mass is 16.3. The van der Waals surface area contributed by atoms with E-state index in [0.717, 1.165) is 18.4 Å². The zero-order valence-electron chi connectivity index (χ0n) is 21.4. The summed E-state index contributed by atoms with van der Waals surface area (Å²) >= 11 is 0. The van der Waals surface area contributed by atoms with Crippen LogP contribution in [0.3, 0.4) is 0 Å². The Morgan fingerprint density at radius 1 is 1.00 bits per heavy atom. The minimum absolute atomic E-state index is 0.0621. The van der Waals surface area contributed by atoms with Crippen LogP contribution in [0.15, 0.2) is 60.8 Å². The first-order chi connectivity index (χ1) is 17.6. The molecule has 1 heterocycles. The Kier molecular flexibility index (Phi) is 7.90. The van der Waals surface area contributed by atoms with Gasteiger partial charge in [0.2, 0.25) is 5.91 Å². The Morgan fingerprint density at radius 2 is 1.62 bits per heavy atom. The Morgan fingerprint density at radius 3 is 2.27 bits per heavy atom. The van der Waals surface area contributed by atoms with E-state index in [1.165, 1.54) is 6.20 Å². The Balaban J connectivity index is 1.55. The van der Waals surface area contributed by atoms with Crippen molar-refractivity contribution in [3.8, 4) is 0 Å². The number of aliphatic hydroxyl groups excluding tert-OH is 1. The average Bonchev–Trinajstić information content (AvgIpc) is 2.88. The lowest BCUT2D eigenvalue weighted by Gasteiger charge is -2.44. The highest BCUT2D eigenvalue weighted by Gasteiger charge is 2.46. The van der Waals surface area contributed by atoms with Gasteiger partial charge < -0.3 is 21.3 Å². The molecule has 2 aromatic carbocycles. The SMILES string of the molecule is CC1(C)CCC(O)([C@H](C[C@H](O)[C@H](Cc2ccccc2)NC(=O)c2cnc3ccccc3n2)C(N)=O)CC1. The molecule has 3 atom stereocenters. The smallest absolute Gasteiger partial charge is 0.271 e. The van der Waals surface area contributed by atoms with E-state index in [1.807, 2.05) is 48.5 Å². The number of nitrogens with two attached hydrogens (primary N) is 1. The average molecular weight is 505 g/mol. The second-order valence-electron chi connectivity index (χ2n) is 11.0. The summed E-state index contributed by atoms with van der Waals surface area (Å²) in [5.41, 5.74) is 6.85. The maximum Gasteiger partial charge on any atom is 0.271 e. The molecule has 0 radical (unpaired) electrons. The number of aliphatic hydroxyl groups is 2. The van der Waals surface area contributed by atoms with Crippen molar-refractivity contribution in [3.05, 3.63) is 72.1 Å². The third kappa shape index (κ3) is 6.50. The zero-order chi connectivity index (χ0) is 26.6. The van der Waals surface area contributed by atoms with Gasteiger partial charge in [-0.1, -0.05) is 56.3 Å². The van der Waals surface area contributed by atoms with E-state index in [1.54, 1.807) is 6.07 Å². The molecule has 5 N–H and O–H groups in total. The highest BCUT2D eigenvalue weighted by molar-refractivity contribution is 5.94. The van der Waals surface area contributed by atoms with Crippen LogP contribution < -0.4 is 11.1 Å². The number of hydrogen-bond acceptors (Lipinski definition) is 6. The topological polar surface area (TPSA) is 138 Å². The quantitative estimate of drug-likeness (QED) is 0.353. The van der Waals surface area contributed by atoms with Gasteiger partial charge in [-0.3, -0.25) is 14.6 Å². The number of carbonyl (C=O) groups excluding carboxylic acids is 2. The molecule has 1 aromatic heterocycles. The zero-order valence-corrected chi connectivity index (χ0v) is 21.4. The molecule has 0 bridgehead atoms. The van der Waals surface area contributed by atoms with Crippen LogP contribution in [-0.2, 0) is 11.2 Å². The van der Waals surface area contributed by atoms with E-state index in [4.69, 9.17) is 5.73 Å². The molecule has 0 spiro atoms. The maximum absolute atomic E-state index is 13.2. The third-order valence-corrected chi connectivity index (χ3v) is 7.70. The fourth-order valence-corrected chi connectivity index (χ4v) is 5.17. The molecule has 1 aliphatic carbocycles. The van der Waals surface area contributed by atoms with Crippen LogP contribution in [0, 0.1) is 11.3 Å². The van der Waals surface area contributed by atoms with Gasteiger partial charge in [0, 0.05) is 0 Å². The summed E-state index contributed by atoms with van der Waals surface area (Å²) in [5, 5.41) is 25.6. The number of primary amides is 1. The van der Waals surface area contributed by atoms with Gasteiger partial charge in [-0.05, 0) is 61.6 Å². The van der Waals surface area contributed by atoms with Crippen molar-refractivity contribution in [1.29, 1.82) is 0 Å². The van der Waals surface area contributed by atoms with Crippen LogP contribution in [0.2, 0.25) is 0 Å². The summed E-state index contributed by atoms with van der Waals surface area (Å²) in [5.74, 6) is -2.06. The van der Waals surface area contributed by atoms with Crippen LogP contribution in [0.4, 0.5) is 0 Å². The summed E-state index contributed by atoms with van der Waals surface area (Å²) < 4.78 is 0. The Bertz CT molecular complexity index is 1240. The van der Waals surface area contributed by atoms with E-state index in [-0.39, 0.29) is 17.5 Å². The molecule has 1 fully saturated rings. The second-order valence-corrected chi connectivity index (χ2v) is 11.0. The second kappa shape index (κ2) is 10.9. The van der Waals surface area contributed by atoms with Crippen LogP contribution >= 0.6 is 0 Å². The van der Waals surface area contributed by atoms with Crippen molar-refractivity contribution in [2.75, 3.05) is 0 Å². The molecule has 1 saturated carbocycles. The van der Waals surface area contributed by atoms with Gasteiger partial charge in [-0.15, -0.1) is 0 Å². The van der Waals surface area contributed by atoms with E-state index >= 15 is 0 Å². The molecular formula is C29H36N4O4. The number of fused-ring (bicyclic) bond motifs is 1. The summed E-state index contributed by atoms with van der Waals surface area (Å²) in [6.07, 6.45) is 2.92. The van der Waals surface area contributed by atoms with E-state index < -0.39 is 35.5 Å². The number of aromatic nitrogens is 2. The minimum atomic E-state index is -1.28. The number of benzene rings is 2. The number of hydrogen-bond donors (Lipinski definition) is 4. The molecule has 8 nitrogen and oxygen atoms in total. The van der Waals surface area contributed by atoms with Gasteiger partial charge in [0.05, 0.1) is 40.9 Å². The summed E-state index contributed by atoms with van der Waals surface area (Å²) in [6.45, 7) is 4.28. The normalized spacial score (nSPS) is 19.0. The van der Waals surface area contributed by atoms with Gasteiger partial charge in [0.1, 0.15) is 5.69 Å². The van der Waals surface area contributed by atoms with Gasteiger partial charge in [-0.2, -0.15) is 0 Å². The fourth-order valence-electron chi connectivity index (χ4n) is 5.17. The van der Waals surface area contributed by atoms with Crippen LogP contribution in [-0.4, -0.2) is 49.7 Å². The monoisotopic (exact) mass is 504 g/mol. The van der Waals surface area contributed by atoms with Crippen LogP contribution in [0.25, 0.3) is 11.0 Å². The number of rotatable bonds is 9. The molecule has 4 rings (SSSR count). The number of carbonyl (C=O) groups is 2. The Hall–Kier alpha value is -3.36. The summed E-state index contributed by atoms with van der Waals surface area (Å²) in [6, 6.07) is 16.0. The molecular weight excluding hydrogens is 468 g/mol. The number of nitrogens with zero attached hydrogens (tertiary/aromatic N) is 2. The predicted octanol–water partition coefficient (Wildman–Crippen LogP) is 3.15. The van der Waals surface area contributed by atoms with Gasteiger partial charge >= 0.3 is 0 Å². The summed E-state index contributed by atoms with van der Waals surface area (Å²) in [7, 11) is 0. The Labute approximate surface area is 217 Å². The van der Waals surface area contributed by atoms with Gasteiger partial charge in [0.25, 0.3) is 5.91 Å². The lowest BCUT2D eigenvalue weighted by atomic mass is 9.65. The standard InChI is InChI=1S/C29H36N4O4/c1-28(2)12-14-29(37,15-13-28)20(26(30)35)17-25(34)23(16-19-8-4-3-5-9-19)33-27(36)24-18-31-21-10-6-7-11-22(21)32-24/h3-11,18,20,23,25,34,37H,12-17H2,1-2H3,(H2,30,35)(H,33,36)/t20-,23+,25+/m1/s1. The minimum Gasteiger partial charge on any atom is -0.391 e. The first kappa shape index (κ1) is 26.7. The molecule has 3 aromatic rings. The van der Waals surface area contributed by atoms with E-state index in [9.17, 15) is 19.8 Å². The van der Waals surface area contributed by atoms with Crippen molar-refractivity contribution < 1.29 is 19.8 Å². The maximum atomic E-state index is 13.2. The molecule has 0 saturated heterocycles. The first-order valence-electron chi connectivity index (χ1n) is 12.8. The van der Waals surface area contributed by atoms with Crippen molar-refractivity contribution >= 4 is 22.8 Å². The van der Waals surface area contributed by atoms with Crippen LogP contribution in [0.5, 0.6) is 0 Å². The molecule has 37 heavy (non-hydrogen) atoms. The number of amides is 2. The molecule has 0 unspecified atom stereocenters. The molecule has 2 amide bonds. The lowest BCUT2D eigenvalue weighted by molar-refractivity contribution is -0.140. The van der Waals surface area contributed by atoms with E-state index in [0.29, 0.717) is 30.3 Å². The third-order valence-electron chi connectivity index (χ3n) is 7.70. The first-order valence-corrected chi connectivity index (χ1v) is 12.8. The van der Waals surface area contributed by atoms with Crippen molar-refractivity contribution in [3.63, 3.8) is 0 Å². The van der Waals surface area contributed by atoms with Crippen molar-refractivity contribution in [2.45, 2.75) is 70.1 Å². The lowest BCUT2D eigenvalue weighted by Crippen LogP contribution is -2.53. The molecule has 0 aliphatic heterocycles. The number of para-hydroxylation sites is 2. The van der Waals surface area contributed by atoms with Crippen LogP contribution in [0.1, 0.15) is 62.0 Å². The predicted molar refractivity (Wildman–Crippen MR) is 141 cm³/mol. The largest absolute Gasteiger partial charge is 0.391 e. The number of nitrogens with one attached hydrogen (secondary N) is 1.